The van der Waals surface area contributed by atoms with Gasteiger partial charge in [-0.25, -0.2) is 4.98 Å². The third kappa shape index (κ3) is 1.90. The molecule has 0 saturated carbocycles. The van der Waals surface area contributed by atoms with Gasteiger partial charge in [-0.1, -0.05) is 30.3 Å². The summed E-state index contributed by atoms with van der Waals surface area (Å²) in [6.07, 6.45) is 0. The van der Waals surface area contributed by atoms with Gasteiger partial charge in [-0.3, -0.25) is 0 Å². The molecule has 88 valence electrons. The number of fused-ring (bicyclic) bond motifs is 1. The van der Waals surface area contributed by atoms with Gasteiger partial charge in [0, 0.05) is 10.9 Å². The molecular formula is C13H10BNO3. The first kappa shape index (κ1) is 11.0. The average molecular weight is 239 g/mol. The molecule has 0 bridgehead atoms. The Morgan fingerprint density at radius 3 is 2.50 bits per heavy atom. The maximum Gasteiger partial charge on any atom is 0.526 e. The third-order valence-electron chi connectivity index (χ3n) is 2.73. The van der Waals surface area contributed by atoms with Crippen molar-refractivity contribution in [1.82, 2.24) is 4.98 Å². The lowest BCUT2D eigenvalue weighted by atomic mass is 9.88. The quantitative estimate of drug-likeness (QED) is 0.659. The van der Waals surface area contributed by atoms with Gasteiger partial charge in [-0.05, 0) is 18.2 Å². The number of rotatable bonds is 2. The Morgan fingerprint density at radius 2 is 1.78 bits per heavy atom. The van der Waals surface area contributed by atoms with Crippen LogP contribution >= 0.6 is 0 Å². The molecule has 0 aliphatic carbocycles. The van der Waals surface area contributed by atoms with Crippen molar-refractivity contribution in [2.75, 3.05) is 0 Å². The SMILES string of the molecule is OB(O)c1cc2ccc(-c3ccccc3)nc2o1. The fourth-order valence-electron chi connectivity index (χ4n) is 1.83. The van der Waals surface area contributed by atoms with Crippen molar-refractivity contribution in [3.05, 3.63) is 48.5 Å². The summed E-state index contributed by atoms with van der Waals surface area (Å²) in [7, 11) is -1.61. The molecule has 0 aliphatic rings. The highest BCUT2D eigenvalue weighted by molar-refractivity contribution is 6.57. The van der Waals surface area contributed by atoms with Gasteiger partial charge in [0.1, 0.15) is 5.66 Å². The van der Waals surface area contributed by atoms with Gasteiger partial charge < -0.3 is 14.5 Å². The Labute approximate surface area is 104 Å². The largest absolute Gasteiger partial charge is 0.526 e. The molecule has 4 nitrogen and oxygen atoms in total. The minimum absolute atomic E-state index is 0.0997. The van der Waals surface area contributed by atoms with Gasteiger partial charge in [0.2, 0.25) is 5.71 Å². The molecule has 2 heterocycles. The second-order valence-corrected chi connectivity index (χ2v) is 3.98. The molecule has 1 aromatic carbocycles. The van der Waals surface area contributed by atoms with E-state index in [0.717, 1.165) is 16.6 Å². The Bertz CT molecular complexity index is 679. The van der Waals surface area contributed by atoms with E-state index in [9.17, 15) is 0 Å². The van der Waals surface area contributed by atoms with Crippen LogP contribution in [0, 0.1) is 0 Å². The molecule has 0 unspecified atom stereocenters. The van der Waals surface area contributed by atoms with Crippen LogP contribution in [0.25, 0.3) is 22.4 Å². The van der Waals surface area contributed by atoms with Crippen LogP contribution in [-0.4, -0.2) is 22.2 Å². The van der Waals surface area contributed by atoms with Crippen molar-refractivity contribution >= 4 is 23.9 Å². The smallest absolute Gasteiger partial charge is 0.447 e. The zero-order valence-corrected chi connectivity index (χ0v) is 9.45. The first-order chi connectivity index (χ1) is 8.74. The van der Waals surface area contributed by atoms with Crippen molar-refractivity contribution in [2.24, 2.45) is 0 Å². The Balaban J connectivity index is 2.11. The zero-order valence-electron chi connectivity index (χ0n) is 9.45. The number of aromatic nitrogens is 1. The Hall–Kier alpha value is -2.11. The Morgan fingerprint density at radius 1 is 1.00 bits per heavy atom. The van der Waals surface area contributed by atoms with E-state index in [-0.39, 0.29) is 5.66 Å². The number of benzene rings is 1. The van der Waals surface area contributed by atoms with E-state index < -0.39 is 7.12 Å². The van der Waals surface area contributed by atoms with Crippen LogP contribution < -0.4 is 5.66 Å². The molecule has 3 aromatic rings. The predicted octanol–water partition coefficient (Wildman–Crippen LogP) is 1.17. The lowest BCUT2D eigenvalue weighted by molar-refractivity contribution is 0.412. The van der Waals surface area contributed by atoms with E-state index >= 15 is 0 Å². The Kier molecular flexibility index (Phi) is 2.62. The van der Waals surface area contributed by atoms with Gasteiger partial charge in [0.15, 0.2) is 0 Å². The second-order valence-electron chi connectivity index (χ2n) is 3.98. The highest BCUT2D eigenvalue weighted by atomic mass is 16.4. The molecule has 0 aliphatic heterocycles. The van der Waals surface area contributed by atoms with E-state index in [1.165, 1.54) is 0 Å². The molecule has 2 N–H and O–H groups in total. The fourth-order valence-corrected chi connectivity index (χ4v) is 1.83. The topological polar surface area (TPSA) is 66.5 Å². The summed E-state index contributed by atoms with van der Waals surface area (Å²) in [4.78, 5) is 4.36. The van der Waals surface area contributed by atoms with Crippen LogP contribution in [0.2, 0.25) is 0 Å². The van der Waals surface area contributed by atoms with Gasteiger partial charge in [0.25, 0.3) is 0 Å². The van der Waals surface area contributed by atoms with Gasteiger partial charge in [0.05, 0.1) is 5.69 Å². The maximum absolute atomic E-state index is 9.05. The summed E-state index contributed by atoms with van der Waals surface area (Å²) in [5, 5.41) is 18.8. The van der Waals surface area contributed by atoms with Crippen molar-refractivity contribution < 1.29 is 14.5 Å². The molecular weight excluding hydrogens is 229 g/mol. The first-order valence-corrected chi connectivity index (χ1v) is 5.56. The molecule has 3 rings (SSSR count). The van der Waals surface area contributed by atoms with Crippen molar-refractivity contribution in [3.8, 4) is 11.3 Å². The lowest BCUT2D eigenvalue weighted by Gasteiger charge is -1.99. The van der Waals surface area contributed by atoms with E-state index in [0.29, 0.717) is 5.71 Å². The van der Waals surface area contributed by atoms with Crippen molar-refractivity contribution in [3.63, 3.8) is 0 Å². The van der Waals surface area contributed by atoms with E-state index in [4.69, 9.17) is 14.5 Å². The van der Waals surface area contributed by atoms with Gasteiger partial charge >= 0.3 is 7.12 Å². The van der Waals surface area contributed by atoms with Gasteiger partial charge in [-0.15, -0.1) is 0 Å². The molecule has 0 radical (unpaired) electrons. The summed E-state index contributed by atoms with van der Waals surface area (Å²) in [6.45, 7) is 0. The number of hydrogen-bond acceptors (Lipinski definition) is 4. The molecule has 0 saturated heterocycles. The van der Waals surface area contributed by atoms with Crippen LogP contribution in [-0.2, 0) is 0 Å². The van der Waals surface area contributed by atoms with Crippen LogP contribution in [0.1, 0.15) is 0 Å². The normalized spacial score (nSPS) is 10.8. The molecule has 0 atom stereocenters. The van der Waals surface area contributed by atoms with Crippen molar-refractivity contribution in [2.45, 2.75) is 0 Å². The van der Waals surface area contributed by atoms with Crippen LogP contribution in [0.3, 0.4) is 0 Å². The zero-order chi connectivity index (χ0) is 12.5. The summed E-state index contributed by atoms with van der Waals surface area (Å²) in [5.41, 5.74) is 2.28. The summed E-state index contributed by atoms with van der Waals surface area (Å²) in [5.74, 6) is 0. The highest BCUT2D eigenvalue weighted by Gasteiger charge is 2.17. The summed E-state index contributed by atoms with van der Waals surface area (Å²) >= 11 is 0. The number of pyridine rings is 1. The lowest BCUT2D eigenvalue weighted by Crippen LogP contribution is -2.27. The minimum atomic E-state index is -1.61. The number of furan rings is 1. The third-order valence-corrected chi connectivity index (χ3v) is 2.73. The summed E-state index contributed by atoms with van der Waals surface area (Å²) < 4.78 is 5.28. The van der Waals surface area contributed by atoms with Crippen molar-refractivity contribution in [1.29, 1.82) is 0 Å². The van der Waals surface area contributed by atoms with Crippen LogP contribution in [0.15, 0.2) is 52.9 Å². The molecule has 5 heteroatoms. The van der Waals surface area contributed by atoms with Gasteiger partial charge in [-0.2, -0.15) is 0 Å². The fraction of sp³-hybridized carbons (Fsp3) is 0. The van der Waals surface area contributed by atoms with Crippen LogP contribution in [0.5, 0.6) is 0 Å². The number of nitrogens with zero attached hydrogens (tertiary/aromatic N) is 1. The molecule has 0 fully saturated rings. The second kappa shape index (κ2) is 4.29. The molecule has 0 spiro atoms. The molecule has 2 aromatic heterocycles. The van der Waals surface area contributed by atoms with E-state index in [1.54, 1.807) is 6.07 Å². The highest BCUT2D eigenvalue weighted by Crippen LogP contribution is 2.20. The molecule has 18 heavy (non-hydrogen) atoms. The average Bonchev–Trinajstić information content (AvgIpc) is 2.82. The predicted molar refractivity (Wildman–Crippen MR) is 69.3 cm³/mol. The standard InChI is InChI=1S/C13H10BNO3/c16-14(17)12-8-10-6-7-11(15-13(10)18-12)9-4-2-1-3-5-9/h1-8,16-17H. The minimum Gasteiger partial charge on any atom is -0.447 e. The first-order valence-electron chi connectivity index (χ1n) is 5.56. The van der Waals surface area contributed by atoms with Crippen LogP contribution in [0.4, 0.5) is 0 Å². The monoisotopic (exact) mass is 239 g/mol. The summed E-state index contributed by atoms with van der Waals surface area (Å²) in [6, 6.07) is 15.0. The van der Waals surface area contributed by atoms with E-state index in [2.05, 4.69) is 4.98 Å². The number of hydrogen-bond donors (Lipinski definition) is 2. The maximum atomic E-state index is 9.05. The molecule has 0 amide bonds. The van der Waals surface area contributed by atoms with E-state index in [1.807, 2.05) is 42.5 Å².